The maximum atomic E-state index is 10.0. The van der Waals surface area contributed by atoms with Crippen LogP contribution in [0.3, 0.4) is 0 Å². The average Bonchev–Trinajstić information content (AvgIpc) is 2.47. The van der Waals surface area contributed by atoms with E-state index in [9.17, 15) is 5.11 Å². The third-order valence-corrected chi connectivity index (χ3v) is 8.81. The van der Waals surface area contributed by atoms with Gasteiger partial charge in [0.2, 0.25) is 0 Å². The molecule has 2 rings (SSSR count). The van der Waals surface area contributed by atoms with E-state index in [1.807, 2.05) is 19.1 Å². The first-order chi connectivity index (χ1) is 9.44. The van der Waals surface area contributed by atoms with Crippen LogP contribution in [0.1, 0.15) is 36.6 Å². The number of benzene rings is 2. The molecule has 2 atom stereocenters. The summed E-state index contributed by atoms with van der Waals surface area (Å²) in [6.07, 6.45) is -0.408. The third kappa shape index (κ3) is 2.86. The molecule has 0 amide bonds. The third-order valence-electron chi connectivity index (χ3n) is 4.51. The van der Waals surface area contributed by atoms with Crippen LogP contribution in [0.5, 0.6) is 0 Å². The lowest BCUT2D eigenvalue weighted by molar-refractivity contribution is 0.198. The van der Waals surface area contributed by atoms with Gasteiger partial charge in [0.1, 0.15) is 0 Å². The lowest BCUT2D eigenvalue weighted by Crippen LogP contribution is -2.46. The van der Waals surface area contributed by atoms with Crippen LogP contribution < -0.4 is 5.19 Å². The maximum absolute atomic E-state index is 10.0. The van der Waals surface area contributed by atoms with Gasteiger partial charge in [0.05, 0.1) is 14.2 Å². The van der Waals surface area contributed by atoms with E-state index in [0.717, 1.165) is 5.56 Å². The summed E-state index contributed by atoms with van der Waals surface area (Å²) in [5, 5.41) is 11.5. The van der Waals surface area contributed by atoms with Gasteiger partial charge in [-0.05, 0) is 23.6 Å². The first-order valence-electron chi connectivity index (χ1n) is 7.27. The van der Waals surface area contributed by atoms with E-state index in [1.165, 1.54) is 10.8 Å². The van der Waals surface area contributed by atoms with Gasteiger partial charge in [-0.25, -0.2) is 0 Å². The van der Waals surface area contributed by atoms with Crippen LogP contribution in [0, 0.1) is 0 Å². The van der Waals surface area contributed by atoms with Crippen molar-refractivity contribution in [3.05, 3.63) is 65.7 Å². The average molecular weight is 284 g/mol. The summed E-state index contributed by atoms with van der Waals surface area (Å²) in [5.74, 6) is 0. The van der Waals surface area contributed by atoms with Crippen molar-refractivity contribution in [2.75, 3.05) is 0 Å². The van der Waals surface area contributed by atoms with Crippen molar-refractivity contribution < 1.29 is 5.11 Å². The fourth-order valence-electron chi connectivity index (χ4n) is 2.79. The van der Waals surface area contributed by atoms with Crippen LogP contribution in [0.2, 0.25) is 13.1 Å². The summed E-state index contributed by atoms with van der Waals surface area (Å²) in [4.78, 5) is 0. The Hall–Kier alpha value is -1.38. The summed E-state index contributed by atoms with van der Waals surface area (Å²) < 4.78 is 0. The van der Waals surface area contributed by atoms with Crippen molar-refractivity contribution in [1.29, 1.82) is 0 Å². The Morgan fingerprint density at radius 2 is 1.30 bits per heavy atom. The number of rotatable bonds is 4. The molecule has 0 aliphatic rings. The summed E-state index contributed by atoms with van der Waals surface area (Å²) in [7, 11) is -1.61. The summed E-state index contributed by atoms with van der Waals surface area (Å²) >= 11 is 0. The van der Waals surface area contributed by atoms with Crippen LogP contribution in [0.4, 0.5) is 0 Å². The molecule has 2 aromatic rings. The Morgan fingerprint density at radius 3 is 1.85 bits per heavy atom. The standard InChI is InChI=1S/C18H24OSi/c1-14(19)17-12-8-9-13-18(17)15(2)20(3,4)16-10-6-5-7-11-16/h5-15,19H,1-4H3/t14-,15-/m0/s1. The van der Waals surface area contributed by atoms with E-state index in [4.69, 9.17) is 0 Å². The molecule has 0 radical (unpaired) electrons. The largest absolute Gasteiger partial charge is 0.389 e. The molecule has 0 aromatic heterocycles. The van der Waals surface area contributed by atoms with E-state index in [2.05, 4.69) is 62.5 Å². The van der Waals surface area contributed by atoms with E-state index >= 15 is 0 Å². The van der Waals surface area contributed by atoms with E-state index in [-0.39, 0.29) is 0 Å². The van der Waals surface area contributed by atoms with Crippen molar-refractivity contribution in [3.63, 3.8) is 0 Å². The molecular formula is C18H24OSi. The second-order valence-electron chi connectivity index (χ2n) is 6.11. The Kier molecular flexibility index (Phi) is 4.46. The molecule has 2 heteroatoms. The van der Waals surface area contributed by atoms with Crippen molar-refractivity contribution >= 4 is 13.3 Å². The second kappa shape index (κ2) is 5.94. The maximum Gasteiger partial charge on any atom is 0.0877 e. The molecule has 0 unspecified atom stereocenters. The highest BCUT2D eigenvalue weighted by Crippen LogP contribution is 2.31. The molecule has 1 nitrogen and oxygen atoms in total. The molecule has 106 valence electrons. The molecule has 1 N–H and O–H groups in total. The fraction of sp³-hybridized carbons (Fsp3) is 0.333. The first kappa shape index (κ1) is 15.0. The van der Waals surface area contributed by atoms with Gasteiger partial charge in [0, 0.05) is 0 Å². The van der Waals surface area contributed by atoms with Crippen molar-refractivity contribution in [1.82, 2.24) is 0 Å². The van der Waals surface area contributed by atoms with Gasteiger partial charge in [-0.1, -0.05) is 79.8 Å². The number of aliphatic hydroxyl groups is 1. The molecule has 0 aliphatic carbocycles. The Morgan fingerprint density at radius 1 is 0.800 bits per heavy atom. The highest BCUT2D eigenvalue weighted by molar-refractivity contribution is 6.90. The van der Waals surface area contributed by atoms with Crippen molar-refractivity contribution in [3.8, 4) is 0 Å². The highest BCUT2D eigenvalue weighted by Gasteiger charge is 2.32. The zero-order chi connectivity index (χ0) is 14.8. The van der Waals surface area contributed by atoms with E-state index in [1.54, 1.807) is 0 Å². The fourth-order valence-corrected chi connectivity index (χ4v) is 5.38. The minimum absolute atomic E-state index is 0.408. The van der Waals surface area contributed by atoms with Gasteiger partial charge in [-0.15, -0.1) is 0 Å². The van der Waals surface area contributed by atoms with Gasteiger partial charge in [0.15, 0.2) is 0 Å². The summed E-state index contributed by atoms with van der Waals surface area (Å²) in [5.41, 5.74) is 2.83. The van der Waals surface area contributed by atoms with Gasteiger partial charge in [-0.2, -0.15) is 0 Å². The SMILES string of the molecule is C[C@H](O)c1ccccc1[C@H](C)[Si](C)(C)c1ccccc1. The summed E-state index contributed by atoms with van der Waals surface area (Å²) in [6, 6.07) is 19.1. The highest BCUT2D eigenvalue weighted by atomic mass is 28.3. The lowest BCUT2D eigenvalue weighted by atomic mass is 10.0. The molecular weight excluding hydrogens is 260 g/mol. The predicted molar refractivity (Wildman–Crippen MR) is 89.0 cm³/mol. The molecule has 0 aliphatic heterocycles. The van der Waals surface area contributed by atoms with E-state index < -0.39 is 14.2 Å². The van der Waals surface area contributed by atoms with Crippen LogP contribution >= 0.6 is 0 Å². The van der Waals surface area contributed by atoms with E-state index in [0.29, 0.717) is 5.54 Å². The molecule has 0 fully saturated rings. The number of aliphatic hydroxyl groups excluding tert-OH is 1. The summed E-state index contributed by atoms with van der Waals surface area (Å²) in [6.45, 7) is 8.97. The van der Waals surface area contributed by atoms with Crippen LogP contribution in [-0.2, 0) is 0 Å². The zero-order valence-electron chi connectivity index (χ0n) is 12.8. The minimum atomic E-state index is -1.61. The van der Waals surface area contributed by atoms with Gasteiger partial charge < -0.3 is 5.11 Å². The topological polar surface area (TPSA) is 20.2 Å². The van der Waals surface area contributed by atoms with Crippen LogP contribution in [0.15, 0.2) is 54.6 Å². The minimum Gasteiger partial charge on any atom is -0.389 e. The smallest absolute Gasteiger partial charge is 0.0877 e. The monoisotopic (exact) mass is 284 g/mol. The van der Waals surface area contributed by atoms with Crippen molar-refractivity contribution in [2.24, 2.45) is 0 Å². The first-order valence-corrected chi connectivity index (χ1v) is 10.3. The van der Waals surface area contributed by atoms with Crippen molar-refractivity contribution in [2.45, 2.75) is 38.6 Å². The Bertz CT molecular complexity index is 561. The Labute approximate surface area is 123 Å². The van der Waals surface area contributed by atoms with Gasteiger partial charge >= 0.3 is 0 Å². The molecule has 20 heavy (non-hydrogen) atoms. The zero-order valence-corrected chi connectivity index (χ0v) is 13.8. The second-order valence-corrected chi connectivity index (χ2v) is 11.0. The molecule has 0 heterocycles. The Balaban J connectivity index is 2.43. The van der Waals surface area contributed by atoms with Gasteiger partial charge in [-0.3, -0.25) is 0 Å². The molecule has 0 bridgehead atoms. The molecule has 0 spiro atoms. The van der Waals surface area contributed by atoms with Crippen LogP contribution in [-0.4, -0.2) is 13.2 Å². The quantitative estimate of drug-likeness (QED) is 0.841. The van der Waals surface area contributed by atoms with Gasteiger partial charge in [0.25, 0.3) is 0 Å². The number of hydrogen-bond donors (Lipinski definition) is 1. The molecule has 0 saturated carbocycles. The van der Waals surface area contributed by atoms with Crippen LogP contribution in [0.25, 0.3) is 0 Å². The normalized spacial score (nSPS) is 14.8. The number of hydrogen-bond acceptors (Lipinski definition) is 1. The molecule has 2 aromatic carbocycles. The predicted octanol–water partition coefficient (Wildman–Crippen LogP) is 4.00. The lowest BCUT2D eigenvalue weighted by Gasteiger charge is -2.32. The molecule has 0 saturated heterocycles.